The molecule has 0 saturated heterocycles. The average Bonchev–Trinajstić information content (AvgIpc) is 2.90. The third-order valence-electron chi connectivity index (χ3n) is 3.37. The second-order valence-electron chi connectivity index (χ2n) is 5.73. The van der Waals surface area contributed by atoms with Gasteiger partial charge >= 0.3 is 0 Å². The lowest BCUT2D eigenvalue weighted by atomic mass is 10.1. The minimum atomic E-state index is 0.130. The van der Waals surface area contributed by atoms with Crippen LogP contribution in [0.4, 0.5) is 5.69 Å². The van der Waals surface area contributed by atoms with Crippen molar-refractivity contribution < 1.29 is 4.74 Å². The van der Waals surface area contributed by atoms with Crippen LogP contribution in [-0.2, 0) is 0 Å². The third kappa shape index (κ3) is 2.92. The van der Waals surface area contributed by atoms with Crippen molar-refractivity contribution in [2.45, 2.75) is 20.0 Å². The Morgan fingerprint density at radius 3 is 2.55 bits per heavy atom. The summed E-state index contributed by atoms with van der Waals surface area (Å²) in [6, 6.07) is 14.5. The van der Waals surface area contributed by atoms with E-state index in [4.69, 9.17) is 9.72 Å². The molecule has 1 heterocycles. The van der Waals surface area contributed by atoms with Crippen LogP contribution in [0.1, 0.15) is 13.8 Å². The zero-order valence-corrected chi connectivity index (χ0v) is 14.1. The predicted molar refractivity (Wildman–Crippen MR) is 95.1 cm³/mol. The van der Waals surface area contributed by atoms with Gasteiger partial charge in [0.05, 0.1) is 21.9 Å². The maximum atomic E-state index is 6.03. The van der Waals surface area contributed by atoms with Gasteiger partial charge in [0.1, 0.15) is 10.8 Å². The van der Waals surface area contributed by atoms with Crippen molar-refractivity contribution in [2.75, 3.05) is 19.0 Å². The molecule has 3 nitrogen and oxygen atoms in total. The fourth-order valence-corrected chi connectivity index (χ4v) is 3.30. The van der Waals surface area contributed by atoms with Gasteiger partial charge in [-0.1, -0.05) is 12.1 Å². The van der Waals surface area contributed by atoms with Crippen molar-refractivity contribution in [3.05, 3.63) is 42.5 Å². The lowest BCUT2D eigenvalue weighted by molar-refractivity contribution is 0.243. The molecule has 0 fully saturated rings. The number of fused-ring (bicyclic) bond motifs is 1. The SMILES string of the molecule is CC(C)Oc1cc(N(C)C)ccc1-c1nc2ccccc2s1. The molecule has 0 N–H and O–H groups in total. The number of aromatic nitrogens is 1. The molecule has 0 aliphatic heterocycles. The highest BCUT2D eigenvalue weighted by molar-refractivity contribution is 7.21. The molecule has 0 unspecified atom stereocenters. The highest BCUT2D eigenvalue weighted by Gasteiger charge is 2.14. The predicted octanol–water partition coefficient (Wildman–Crippen LogP) is 4.82. The van der Waals surface area contributed by atoms with Gasteiger partial charge in [-0.05, 0) is 38.1 Å². The molecule has 114 valence electrons. The molecule has 4 heteroatoms. The number of nitrogens with zero attached hydrogens (tertiary/aromatic N) is 2. The molecule has 0 aliphatic carbocycles. The minimum absolute atomic E-state index is 0.130. The van der Waals surface area contributed by atoms with E-state index < -0.39 is 0 Å². The van der Waals surface area contributed by atoms with Crippen molar-refractivity contribution in [2.24, 2.45) is 0 Å². The highest BCUT2D eigenvalue weighted by Crippen LogP contribution is 2.38. The van der Waals surface area contributed by atoms with Crippen LogP contribution in [0, 0.1) is 0 Å². The van der Waals surface area contributed by atoms with E-state index in [1.165, 1.54) is 4.70 Å². The van der Waals surface area contributed by atoms with Crippen LogP contribution in [0.3, 0.4) is 0 Å². The van der Waals surface area contributed by atoms with E-state index in [0.29, 0.717) is 0 Å². The Hall–Kier alpha value is -2.07. The Morgan fingerprint density at radius 1 is 1.09 bits per heavy atom. The Labute approximate surface area is 135 Å². The van der Waals surface area contributed by atoms with Gasteiger partial charge in [-0.25, -0.2) is 4.98 Å². The van der Waals surface area contributed by atoms with Crippen molar-refractivity contribution in [1.82, 2.24) is 4.98 Å². The van der Waals surface area contributed by atoms with Crippen LogP contribution in [-0.4, -0.2) is 25.2 Å². The van der Waals surface area contributed by atoms with E-state index in [1.807, 2.05) is 46.1 Å². The maximum Gasteiger partial charge on any atom is 0.131 e. The number of hydrogen-bond acceptors (Lipinski definition) is 4. The van der Waals surface area contributed by atoms with Crippen LogP contribution >= 0.6 is 11.3 Å². The van der Waals surface area contributed by atoms with E-state index in [9.17, 15) is 0 Å². The summed E-state index contributed by atoms with van der Waals surface area (Å²) >= 11 is 1.70. The molecule has 0 aliphatic rings. The monoisotopic (exact) mass is 312 g/mol. The van der Waals surface area contributed by atoms with Gasteiger partial charge < -0.3 is 9.64 Å². The number of hydrogen-bond donors (Lipinski definition) is 0. The van der Waals surface area contributed by atoms with Crippen LogP contribution in [0.25, 0.3) is 20.8 Å². The quantitative estimate of drug-likeness (QED) is 0.691. The van der Waals surface area contributed by atoms with Crippen molar-refractivity contribution in [1.29, 1.82) is 0 Å². The van der Waals surface area contributed by atoms with E-state index >= 15 is 0 Å². The number of anilines is 1. The molecule has 0 saturated carbocycles. The Morgan fingerprint density at radius 2 is 1.86 bits per heavy atom. The smallest absolute Gasteiger partial charge is 0.131 e. The number of rotatable bonds is 4. The second kappa shape index (κ2) is 5.97. The van der Waals surface area contributed by atoms with Crippen LogP contribution in [0.5, 0.6) is 5.75 Å². The zero-order chi connectivity index (χ0) is 15.7. The summed E-state index contributed by atoms with van der Waals surface area (Å²) < 4.78 is 7.23. The van der Waals surface area contributed by atoms with Crippen molar-refractivity contribution in [3.8, 4) is 16.3 Å². The van der Waals surface area contributed by atoms with Gasteiger partial charge in [0, 0.05) is 25.8 Å². The van der Waals surface area contributed by atoms with Crippen LogP contribution in [0.2, 0.25) is 0 Å². The maximum absolute atomic E-state index is 6.03. The third-order valence-corrected chi connectivity index (χ3v) is 4.44. The van der Waals surface area contributed by atoms with Gasteiger partial charge in [-0.2, -0.15) is 0 Å². The Kier molecular flexibility index (Phi) is 4.03. The average molecular weight is 312 g/mol. The normalized spacial score (nSPS) is 11.1. The van der Waals surface area contributed by atoms with Gasteiger partial charge in [0.2, 0.25) is 0 Å². The molecule has 0 bridgehead atoms. The summed E-state index contributed by atoms with van der Waals surface area (Å²) in [6.07, 6.45) is 0.130. The molecule has 3 aromatic rings. The number of para-hydroxylation sites is 1. The van der Waals surface area contributed by atoms with Crippen LogP contribution in [0.15, 0.2) is 42.5 Å². The molecular weight excluding hydrogens is 292 g/mol. The Balaban J connectivity index is 2.11. The number of thiazole rings is 1. The molecule has 3 rings (SSSR count). The standard InChI is InChI=1S/C18H20N2OS/c1-12(2)21-16-11-13(20(3)4)9-10-14(16)18-19-15-7-5-6-8-17(15)22-18/h5-12H,1-4H3. The Bertz CT molecular complexity index is 760. The summed E-state index contributed by atoms with van der Waals surface area (Å²) in [4.78, 5) is 6.83. The molecular formula is C18H20N2OS. The summed E-state index contributed by atoms with van der Waals surface area (Å²) in [5, 5.41) is 1.00. The molecule has 22 heavy (non-hydrogen) atoms. The van der Waals surface area contributed by atoms with E-state index in [0.717, 1.165) is 27.5 Å². The zero-order valence-electron chi connectivity index (χ0n) is 13.3. The summed E-state index contributed by atoms with van der Waals surface area (Å²) in [6.45, 7) is 4.09. The summed E-state index contributed by atoms with van der Waals surface area (Å²) in [5.74, 6) is 0.889. The first kappa shape index (κ1) is 14.9. The number of benzene rings is 2. The second-order valence-corrected chi connectivity index (χ2v) is 6.76. The molecule has 0 amide bonds. The first-order valence-electron chi connectivity index (χ1n) is 7.38. The first-order chi connectivity index (χ1) is 10.5. The number of ether oxygens (including phenoxy) is 1. The minimum Gasteiger partial charge on any atom is -0.490 e. The van der Waals surface area contributed by atoms with Crippen molar-refractivity contribution >= 4 is 27.2 Å². The lowest BCUT2D eigenvalue weighted by Crippen LogP contribution is -2.11. The van der Waals surface area contributed by atoms with Gasteiger partial charge in [0.15, 0.2) is 0 Å². The molecule has 0 spiro atoms. The fraction of sp³-hybridized carbons (Fsp3) is 0.278. The van der Waals surface area contributed by atoms with Gasteiger partial charge in [-0.15, -0.1) is 11.3 Å². The summed E-state index contributed by atoms with van der Waals surface area (Å²) in [7, 11) is 4.07. The summed E-state index contributed by atoms with van der Waals surface area (Å²) in [5.41, 5.74) is 3.22. The molecule has 2 aromatic carbocycles. The first-order valence-corrected chi connectivity index (χ1v) is 8.20. The van der Waals surface area contributed by atoms with Crippen molar-refractivity contribution in [3.63, 3.8) is 0 Å². The topological polar surface area (TPSA) is 25.4 Å². The molecule has 0 atom stereocenters. The fourth-order valence-electron chi connectivity index (χ4n) is 2.30. The van der Waals surface area contributed by atoms with Crippen LogP contribution < -0.4 is 9.64 Å². The molecule has 1 aromatic heterocycles. The van der Waals surface area contributed by atoms with Gasteiger partial charge in [0.25, 0.3) is 0 Å². The molecule has 0 radical (unpaired) electrons. The highest BCUT2D eigenvalue weighted by atomic mass is 32.1. The lowest BCUT2D eigenvalue weighted by Gasteiger charge is -2.18. The van der Waals surface area contributed by atoms with E-state index in [-0.39, 0.29) is 6.10 Å². The van der Waals surface area contributed by atoms with E-state index in [2.05, 4.69) is 29.2 Å². The van der Waals surface area contributed by atoms with E-state index in [1.54, 1.807) is 11.3 Å². The van der Waals surface area contributed by atoms with Gasteiger partial charge in [-0.3, -0.25) is 0 Å². The largest absolute Gasteiger partial charge is 0.490 e.